The summed E-state index contributed by atoms with van der Waals surface area (Å²) in [5, 5.41) is 6.46. The van der Waals surface area contributed by atoms with Crippen LogP contribution in [0.5, 0.6) is 0 Å². The zero-order valence-corrected chi connectivity index (χ0v) is 12.9. The first kappa shape index (κ1) is 15.1. The van der Waals surface area contributed by atoms with E-state index in [0.717, 1.165) is 19.3 Å². The zero-order chi connectivity index (χ0) is 14.5. The van der Waals surface area contributed by atoms with Crippen molar-refractivity contribution < 1.29 is 4.79 Å². The Balaban J connectivity index is 2.00. The summed E-state index contributed by atoms with van der Waals surface area (Å²) in [4.78, 5) is 12.1. The Morgan fingerprint density at radius 2 is 2.15 bits per heavy atom. The van der Waals surface area contributed by atoms with E-state index in [0.29, 0.717) is 18.6 Å². The van der Waals surface area contributed by atoms with Gasteiger partial charge in [0.15, 0.2) is 0 Å². The molecule has 0 radical (unpaired) electrons. The van der Waals surface area contributed by atoms with Gasteiger partial charge in [0.2, 0.25) is 5.91 Å². The molecule has 0 fully saturated rings. The summed E-state index contributed by atoms with van der Waals surface area (Å²) >= 11 is 0. The van der Waals surface area contributed by atoms with Crippen molar-refractivity contribution in [3.8, 4) is 0 Å². The van der Waals surface area contributed by atoms with E-state index >= 15 is 0 Å². The molecule has 1 amide bonds. The van der Waals surface area contributed by atoms with E-state index in [4.69, 9.17) is 0 Å². The summed E-state index contributed by atoms with van der Waals surface area (Å²) in [5.74, 6) is 0.118. The van der Waals surface area contributed by atoms with E-state index < -0.39 is 0 Å². The van der Waals surface area contributed by atoms with Crippen LogP contribution in [-0.2, 0) is 17.8 Å². The molecular weight excluding hydrogens is 250 g/mol. The Bertz CT molecular complexity index is 449. The van der Waals surface area contributed by atoms with E-state index in [1.165, 1.54) is 24.0 Å². The molecule has 112 valence electrons. The highest BCUT2D eigenvalue weighted by Gasteiger charge is 2.21. The Hall–Kier alpha value is -1.29. The summed E-state index contributed by atoms with van der Waals surface area (Å²) in [6.07, 6.45) is 9.82. The third kappa shape index (κ3) is 3.42. The number of aromatic nitrogens is 1. The van der Waals surface area contributed by atoms with Crippen molar-refractivity contribution in [3.63, 3.8) is 0 Å². The van der Waals surface area contributed by atoms with Crippen LogP contribution in [0.15, 0.2) is 12.4 Å². The highest BCUT2D eigenvalue weighted by molar-refractivity contribution is 5.76. The fourth-order valence-corrected chi connectivity index (χ4v) is 3.07. The van der Waals surface area contributed by atoms with Crippen molar-refractivity contribution in [1.82, 2.24) is 15.2 Å². The molecule has 1 unspecified atom stereocenters. The third-order valence-corrected chi connectivity index (χ3v) is 4.34. The lowest BCUT2D eigenvalue weighted by molar-refractivity contribution is -0.122. The van der Waals surface area contributed by atoms with Gasteiger partial charge in [0, 0.05) is 24.5 Å². The van der Waals surface area contributed by atoms with Crippen molar-refractivity contribution in [2.75, 3.05) is 7.05 Å². The third-order valence-electron chi connectivity index (χ3n) is 4.34. The molecule has 0 bridgehead atoms. The smallest absolute Gasteiger partial charge is 0.240 e. The van der Waals surface area contributed by atoms with Crippen LogP contribution in [0, 0.1) is 0 Å². The van der Waals surface area contributed by atoms with Crippen LogP contribution in [0.25, 0.3) is 0 Å². The molecule has 2 rings (SSSR count). The Labute approximate surface area is 121 Å². The number of nitrogens with one attached hydrogen (secondary N) is 2. The standard InChI is InChI=1S/C16H27N3O/c1-4-13(5-2)18-16(20)11-19-9-12-7-6-8-15(17-3)14(12)10-19/h9-10,13,15,17H,4-8,11H2,1-3H3,(H,18,20). The van der Waals surface area contributed by atoms with Gasteiger partial charge >= 0.3 is 0 Å². The van der Waals surface area contributed by atoms with Crippen LogP contribution < -0.4 is 10.6 Å². The van der Waals surface area contributed by atoms with Crippen molar-refractivity contribution in [2.24, 2.45) is 0 Å². The SMILES string of the molecule is CCC(CC)NC(=O)Cn1cc2c(c1)C(NC)CCC2. The van der Waals surface area contributed by atoms with Crippen LogP contribution in [-0.4, -0.2) is 23.6 Å². The van der Waals surface area contributed by atoms with Crippen molar-refractivity contribution in [1.29, 1.82) is 0 Å². The highest BCUT2D eigenvalue weighted by atomic mass is 16.2. The van der Waals surface area contributed by atoms with E-state index in [2.05, 4.69) is 36.9 Å². The number of amides is 1. The molecule has 20 heavy (non-hydrogen) atoms. The van der Waals surface area contributed by atoms with Gasteiger partial charge in [0.05, 0.1) is 0 Å². The summed E-state index contributed by atoms with van der Waals surface area (Å²) in [6.45, 7) is 4.65. The average molecular weight is 277 g/mol. The van der Waals surface area contributed by atoms with Gasteiger partial charge < -0.3 is 15.2 Å². The molecule has 1 aromatic heterocycles. The lowest BCUT2D eigenvalue weighted by atomic mass is 9.91. The summed E-state index contributed by atoms with van der Waals surface area (Å²) < 4.78 is 2.04. The molecule has 2 N–H and O–H groups in total. The molecule has 0 spiro atoms. The summed E-state index contributed by atoms with van der Waals surface area (Å²) in [7, 11) is 2.01. The van der Waals surface area contributed by atoms with Crippen molar-refractivity contribution in [3.05, 3.63) is 23.5 Å². The van der Waals surface area contributed by atoms with Crippen molar-refractivity contribution >= 4 is 5.91 Å². The van der Waals surface area contributed by atoms with Crippen LogP contribution in [0.1, 0.15) is 56.7 Å². The van der Waals surface area contributed by atoms with Crippen molar-refractivity contribution in [2.45, 2.75) is 64.6 Å². The van der Waals surface area contributed by atoms with Crippen LogP contribution in [0.2, 0.25) is 0 Å². The average Bonchev–Trinajstić information content (AvgIpc) is 2.86. The Kier molecular flexibility index (Phi) is 5.24. The lowest BCUT2D eigenvalue weighted by Gasteiger charge is -2.21. The van der Waals surface area contributed by atoms with E-state index in [-0.39, 0.29) is 5.91 Å². The first-order chi connectivity index (χ1) is 9.67. The second kappa shape index (κ2) is 6.93. The minimum atomic E-state index is 0.118. The molecule has 4 heteroatoms. The van der Waals surface area contributed by atoms with E-state index in [1.54, 1.807) is 0 Å². The molecule has 0 saturated heterocycles. The quantitative estimate of drug-likeness (QED) is 0.838. The number of hydrogen-bond donors (Lipinski definition) is 2. The van der Waals surface area contributed by atoms with Crippen LogP contribution >= 0.6 is 0 Å². The topological polar surface area (TPSA) is 46.1 Å². The number of fused-ring (bicyclic) bond motifs is 1. The summed E-state index contributed by atoms with van der Waals surface area (Å²) in [5.41, 5.74) is 2.76. The monoisotopic (exact) mass is 277 g/mol. The molecule has 1 atom stereocenters. The van der Waals surface area contributed by atoms with Gasteiger partial charge in [-0.05, 0) is 50.3 Å². The molecule has 4 nitrogen and oxygen atoms in total. The first-order valence-electron chi connectivity index (χ1n) is 7.83. The molecule has 0 aliphatic heterocycles. The van der Waals surface area contributed by atoms with Crippen LogP contribution in [0.3, 0.4) is 0 Å². The predicted octanol–water partition coefficient (Wildman–Crippen LogP) is 2.39. The number of rotatable bonds is 6. The maximum Gasteiger partial charge on any atom is 0.240 e. The van der Waals surface area contributed by atoms with Gasteiger partial charge in [-0.1, -0.05) is 13.8 Å². The van der Waals surface area contributed by atoms with E-state index in [9.17, 15) is 4.79 Å². The minimum absolute atomic E-state index is 0.118. The van der Waals surface area contributed by atoms with Gasteiger partial charge in [-0.3, -0.25) is 4.79 Å². The van der Waals surface area contributed by atoms with Crippen LogP contribution in [0.4, 0.5) is 0 Å². The lowest BCUT2D eigenvalue weighted by Crippen LogP contribution is -2.36. The fraction of sp³-hybridized carbons (Fsp3) is 0.688. The van der Waals surface area contributed by atoms with E-state index in [1.807, 2.05) is 11.6 Å². The van der Waals surface area contributed by atoms with Gasteiger partial charge in [-0.25, -0.2) is 0 Å². The normalized spacial score (nSPS) is 18.1. The van der Waals surface area contributed by atoms with Gasteiger partial charge in [0.1, 0.15) is 6.54 Å². The largest absolute Gasteiger partial charge is 0.352 e. The Morgan fingerprint density at radius 1 is 1.40 bits per heavy atom. The minimum Gasteiger partial charge on any atom is -0.352 e. The van der Waals surface area contributed by atoms with Gasteiger partial charge in [0.25, 0.3) is 0 Å². The van der Waals surface area contributed by atoms with Gasteiger partial charge in [-0.15, -0.1) is 0 Å². The maximum atomic E-state index is 12.1. The molecule has 1 aromatic rings. The molecule has 0 aromatic carbocycles. The first-order valence-corrected chi connectivity index (χ1v) is 7.83. The Morgan fingerprint density at radius 3 is 2.80 bits per heavy atom. The van der Waals surface area contributed by atoms with Gasteiger partial charge in [-0.2, -0.15) is 0 Å². The molecular formula is C16H27N3O. The highest BCUT2D eigenvalue weighted by Crippen LogP contribution is 2.30. The number of hydrogen-bond acceptors (Lipinski definition) is 2. The molecule has 1 aliphatic carbocycles. The molecule has 0 saturated carbocycles. The predicted molar refractivity (Wildman–Crippen MR) is 81.7 cm³/mol. The number of aryl methyl sites for hydroxylation is 1. The second-order valence-corrected chi connectivity index (χ2v) is 5.73. The number of carbonyl (C=O) groups excluding carboxylic acids is 1. The molecule has 1 aliphatic rings. The fourth-order valence-electron chi connectivity index (χ4n) is 3.07. The molecule has 1 heterocycles. The zero-order valence-electron chi connectivity index (χ0n) is 12.9. The maximum absolute atomic E-state index is 12.1. The number of nitrogens with zero attached hydrogens (tertiary/aromatic N) is 1. The number of carbonyl (C=O) groups is 1. The second-order valence-electron chi connectivity index (χ2n) is 5.73. The summed E-state index contributed by atoms with van der Waals surface area (Å²) in [6, 6.07) is 0.750.